The molecule has 3 heterocycles. The first-order chi connectivity index (χ1) is 22.8. The number of pyridine rings is 3. The van der Waals surface area contributed by atoms with Crippen LogP contribution in [0.3, 0.4) is 0 Å². The van der Waals surface area contributed by atoms with Gasteiger partial charge in [-0.2, -0.15) is 0 Å². The molecule has 9 rings (SSSR count). The lowest BCUT2D eigenvalue weighted by molar-refractivity contribution is 1.28. The van der Waals surface area contributed by atoms with Gasteiger partial charge < -0.3 is 0 Å². The van der Waals surface area contributed by atoms with Gasteiger partial charge in [-0.15, -0.1) is 0 Å². The topological polar surface area (TPSA) is 38.7 Å². The smallest absolute Gasteiger partial charge is 0.0788 e. The number of aromatic nitrogens is 3. The van der Waals surface area contributed by atoms with Gasteiger partial charge in [-0.05, 0) is 75.1 Å². The first-order valence-corrected chi connectivity index (χ1v) is 15.5. The van der Waals surface area contributed by atoms with Crippen LogP contribution in [0.4, 0.5) is 0 Å². The molecular formula is C43H27N3. The first kappa shape index (κ1) is 26.2. The Bertz CT molecular complexity index is 2570. The fraction of sp³-hybridized carbons (Fsp3) is 0. The summed E-state index contributed by atoms with van der Waals surface area (Å²) in [6.45, 7) is 0. The zero-order valence-electron chi connectivity index (χ0n) is 24.9. The molecular weight excluding hydrogens is 558 g/mol. The van der Waals surface area contributed by atoms with E-state index in [4.69, 9.17) is 9.97 Å². The summed E-state index contributed by atoms with van der Waals surface area (Å²) in [6.07, 6.45) is 3.64. The van der Waals surface area contributed by atoms with Crippen molar-refractivity contribution < 1.29 is 0 Å². The Morgan fingerprint density at radius 2 is 1.09 bits per heavy atom. The van der Waals surface area contributed by atoms with Gasteiger partial charge >= 0.3 is 0 Å². The number of nitrogens with zero attached hydrogens (tertiary/aromatic N) is 3. The highest BCUT2D eigenvalue weighted by molar-refractivity contribution is 6.25. The van der Waals surface area contributed by atoms with E-state index in [1.165, 1.54) is 37.9 Å². The predicted molar refractivity (Wildman–Crippen MR) is 192 cm³/mol. The number of fused-ring (bicyclic) bond motifs is 6. The summed E-state index contributed by atoms with van der Waals surface area (Å²) in [5.74, 6) is 0. The van der Waals surface area contributed by atoms with Crippen molar-refractivity contribution in [1.82, 2.24) is 15.0 Å². The Morgan fingerprint density at radius 3 is 1.91 bits per heavy atom. The number of benzene rings is 6. The molecule has 6 aromatic carbocycles. The molecule has 3 nitrogen and oxygen atoms in total. The minimum Gasteiger partial charge on any atom is -0.264 e. The summed E-state index contributed by atoms with van der Waals surface area (Å²) in [4.78, 5) is 14.5. The van der Waals surface area contributed by atoms with Crippen molar-refractivity contribution in [2.24, 2.45) is 0 Å². The molecule has 0 bridgehead atoms. The largest absolute Gasteiger partial charge is 0.264 e. The van der Waals surface area contributed by atoms with Crippen LogP contribution in [0.5, 0.6) is 0 Å². The van der Waals surface area contributed by atoms with Crippen molar-refractivity contribution in [2.45, 2.75) is 0 Å². The number of hydrogen-bond acceptors (Lipinski definition) is 3. The molecule has 0 amide bonds. The summed E-state index contributed by atoms with van der Waals surface area (Å²) in [6, 6.07) is 53.7. The van der Waals surface area contributed by atoms with E-state index in [2.05, 4.69) is 138 Å². The van der Waals surface area contributed by atoms with Crippen molar-refractivity contribution in [3.8, 4) is 44.9 Å². The maximum atomic E-state index is 5.30. The molecule has 0 saturated carbocycles. The molecule has 0 aliphatic heterocycles. The Balaban J connectivity index is 1.25. The number of hydrogen-bond donors (Lipinski definition) is 0. The van der Waals surface area contributed by atoms with E-state index in [0.717, 1.165) is 50.2 Å². The molecule has 3 aromatic heterocycles. The first-order valence-electron chi connectivity index (χ1n) is 15.5. The second-order valence-corrected chi connectivity index (χ2v) is 11.7. The van der Waals surface area contributed by atoms with Crippen LogP contribution in [0.1, 0.15) is 0 Å². The standard InChI is InChI=1S/C43H27N3/c1-2-10-31-25-32(23-18-28(31)9-1)43-38-26-37(34-12-3-4-13-35(34)42(38)36-14-5-6-15-41(36)46-43)29-19-21-30(22-20-29)39-16-7-17-40(45-39)33-11-8-24-44-27-33/h1-27H. The van der Waals surface area contributed by atoms with Crippen LogP contribution in [0.2, 0.25) is 0 Å². The molecule has 3 heteroatoms. The Morgan fingerprint density at radius 1 is 0.391 bits per heavy atom. The van der Waals surface area contributed by atoms with Crippen LogP contribution >= 0.6 is 0 Å². The van der Waals surface area contributed by atoms with Gasteiger partial charge in [0, 0.05) is 45.2 Å². The minimum absolute atomic E-state index is 0.913. The summed E-state index contributed by atoms with van der Waals surface area (Å²) in [5, 5.41) is 8.44. The molecule has 0 aliphatic carbocycles. The van der Waals surface area contributed by atoms with Gasteiger partial charge in [-0.25, -0.2) is 9.97 Å². The minimum atomic E-state index is 0.913. The molecule has 0 saturated heterocycles. The maximum Gasteiger partial charge on any atom is 0.0788 e. The fourth-order valence-corrected chi connectivity index (χ4v) is 6.70. The lowest BCUT2D eigenvalue weighted by Gasteiger charge is -2.16. The highest BCUT2D eigenvalue weighted by Crippen LogP contribution is 2.42. The van der Waals surface area contributed by atoms with Crippen molar-refractivity contribution >= 4 is 43.2 Å². The van der Waals surface area contributed by atoms with E-state index in [-0.39, 0.29) is 0 Å². The lowest BCUT2D eigenvalue weighted by atomic mass is 9.89. The SMILES string of the molecule is c1cncc(-c2cccc(-c3ccc(-c4cc5c(-c6ccc7ccccc7c6)nc6ccccc6c5c5ccccc45)cc3)n2)c1. The third kappa shape index (κ3) is 4.41. The van der Waals surface area contributed by atoms with E-state index >= 15 is 0 Å². The predicted octanol–water partition coefficient (Wildman–Crippen LogP) is 11.2. The molecule has 0 radical (unpaired) electrons. The van der Waals surface area contributed by atoms with Crippen molar-refractivity contribution in [3.05, 3.63) is 164 Å². The average Bonchev–Trinajstić information content (AvgIpc) is 3.14. The summed E-state index contributed by atoms with van der Waals surface area (Å²) in [7, 11) is 0. The summed E-state index contributed by atoms with van der Waals surface area (Å²) >= 11 is 0. The highest BCUT2D eigenvalue weighted by atomic mass is 14.7. The normalized spacial score (nSPS) is 11.5. The van der Waals surface area contributed by atoms with E-state index in [9.17, 15) is 0 Å². The van der Waals surface area contributed by atoms with E-state index in [1.807, 2.05) is 24.4 Å². The van der Waals surface area contributed by atoms with Gasteiger partial charge in [0.2, 0.25) is 0 Å². The Kier molecular flexibility index (Phi) is 6.14. The number of rotatable bonds is 4. The third-order valence-corrected chi connectivity index (χ3v) is 8.93. The number of para-hydroxylation sites is 1. The Hall–Kier alpha value is -6.19. The highest BCUT2D eigenvalue weighted by Gasteiger charge is 2.17. The summed E-state index contributed by atoms with van der Waals surface area (Å²) < 4.78 is 0. The zero-order valence-corrected chi connectivity index (χ0v) is 24.9. The van der Waals surface area contributed by atoms with Gasteiger partial charge in [0.05, 0.1) is 22.6 Å². The average molecular weight is 586 g/mol. The molecule has 46 heavy (non-hydrogen) atoms. The second kappa shape index (κ2) is 10.8. The molecule has 0 fully saturated rings. The van der Waals surface area contributed by atoms with Crippen LogP contribution < -0.4 is 0 Å². The van der Waals surface area contributed by atoms with Crippen LogP contribution in [-0.4, -0.2) is 15.0 Å². The molecule has 0 unspecified atom stereocenters. The molecule has 0 atom stereocenters. The van der Waals surface area contributed by atoms with Gasteiger partial charge in [0.1, 0.15) is 0 Å². The van der Waals surface area contributed by atoms with Gasteiger partial charge in [-0.1, -0.05) is 109 Å². The monoisotopic (exact) mass is 585 g/mol. The van der Waals surface area contributed by atoms with Crippen LogP contribution in [0.25, 0.3) is 88.1 Å². The molecule has 0 spiro atoms. The third-order valence-electron chi connectivity index (χ3n) is 8.93. The quantitative estimate of drug-likeness (QED) is 0.193. The fourth-order valence-electron chi connectivity index (χ4n) is 6.70. The van der Waals surface area contributed by atoms with Crippen molar-refractivity contribution in [1.29, 1.82) is 0 Å². The van der Waals surface area contributed by atoms with Crippen LogP contribution in [0.15, 0.2) is 164 Å². The van der Waals surface area contributed by atoms with Gasteiger partial charge in [0.25, 0.3) is 0 Å². The maximum absolute atomic E-state index is 5.30. The van der Waals surface area contributed by atoms with Crippen molar-refractivity contribution in [3.63, 3.8) is 0 Å². The molecule has 0 aliphatic rings. The molecule has 9 aromatic rings. The Labute approximate surface area is 266 Å². The van der Waals surface area contributed by atoms with E-state index < -0.39 is 0 Å². The van der Waals surface area contributed by atoms with E-state index in [1.54, 1.807) is 6.20 Å². The summed E-state index contributed by atoms with van der Waals surface area (Å²) in [5.41, 5.74) is 9.39. The van der Waals surface area contributed by atoms with Crippen LogP contribution in [-0.2, 0) is 0 Å². The van der Waals surface area contributed by atoms with Crippen LogP contribution in [0, 0.1) is 0 Å². The van der Waals surface area contributed by atoms with Gasteiger partial charge in [0.15, 0.2) is 0 Å². The zero-order chi connectivity index (χ0) is 30.5. The van der Waals surface area contributed by atoms with E-state index in [0.29, 0.717) is 0 Å². The molecule has 214 valence electrons. The van der Waals surface area contributed by atoms with Crippen molar-refractivity contribution in [2.75, 3.05) is 0 Å². The molecule has 0 N–H and O–H groups in total. The second-order valence-electron chi connectivity index (χ2n) is 11.7. The lowest BCUT2D eigenvalue weighted by Crippen LogP contribution is -1.93. The van der Waals surface area contributed by atoms with Gasteiger partial charge in [-0.3, -0.25) is 4.98 Å².